The Morgan fingerprint density at radius 1 is 1.20 bits per heavy atom. The summed E-state index contributed by atoms with van der Waals surface area (Å²) in [6.45, 7) is 10.9. The molecule has 0 bridgehead atoms. The van der Waals surface area contributed by atoms with E-state index >= 15 is 0 Å². The molecule has 1 nitrogen and oxygen atoms in total. The molecule has 0 heterocycles. The number of hydrogen-bond donors (Lipinski definition) is 0. The Kier molecular flexibility index (Phi) is 3.56. The molecule has 0 N–H and O–H groups in total. The minimum Gasteiger partial charge on any atom is -0.377 e. The van der Waals surface area contributed by atoms with Crippen molar-refractivity contribution in [2.24, 2.45) is 0 Å². The molecule has 0 aliphatic carbocycles. The first kappa shape index (κ1) is 12.3. The Labute approximate surface area is 93.5 Å². The molecule has 0 fully saturated rings. The average molecular weight is 206 g/mol. The molecule has 0 amide bonds. The molecule has 0 aliphatic rings. The van der Waals surface area contributed by atoms with Crippen LogP contribution < -0.4 is 0 Å². The summed E-state index contributed by atoms with van der Waals surface area (Å²) in [5, 5.41) is 0. The maximum absolute atomic E-state index is 5.34. The summed E-state index contributed by atoms with van der Waals surface area (Å²) in [6, 6.07) is 6.66. The lowest BCUT2D eigenvalue weighted by Crippen LogP contribution is -2.12. The molecule has 1 aromatic carbocycles. The molecule has 1 atom stereocenters. The van der Waals surface area contributed by atoms with Crippen molar-refractivity contribution in [2.45, 2.75) is 46.1 Å². The lowest BCUT2D eigenvalue weighted by molar-refractivity contribution is 0.119. The largest absolute Gasteiger partial charge is 0.377 e. The van der Waals surface area contributed by atoms with Crippen LogP contribution in [0.3, 0.4) is 0 Å². The maximum atomic E-state index is 5.34. The van der Waals surface area contributed by atoms with E-state index in [0.717, 1.165) is 0 Å². The zero-order valence-corrected chi connectivity index (χ0v) is 10.7. The number of ether oxygens (including phenoxy) is 1. The van der Waals surface area contributed by atoms with Gasteiger partial charge in [0.15, 0.2) is 0 Å². The van der Waals surface area contributed by atoms with Gasteiger partial charge in [-0.25, -0.2) is 0 Å². The van der Waals surface area contributed by atoms with Gasteiger partial charge in [0, 0.05) is 7.11 Å². The van der Waals surface area contributed by atoms with E-state index in [1.54, 1.807) is 7.11 Å². The van der Waals surface area contributed by atoms with Gasteiger partial charge in [-0.2, -0.15) is 0 Å². The van der Waals surface area contributed by atoms with Crippen molar-refractivity contribution in [1.29, 1.82) is 0 Å². The lowest BCUT2D eigenvalue weighted by Gasteiger charge is -2.22. The SMILES string of the molecule is COC(C)c1ccc(C(C)(C)C)cc1C. The van der Waals surface area contributed by atoms with E-state index in [1.807, 2.05) is 0 Å². The highest BCUT2D eigenvalue weighted by Gasteiger charge is 2.15. The smallest absolute Gasteiger partial charge is 0.0795 e. The van der Waals surface area contributed by atoms with Crippen molar-refractivity contribution in [1.82, 2.24) is 0 Å². The standard InChI is InChI=1S/C14H22O/c1-10-9-12(14(3,4)5)7-8-13(10)11(2)15-6/h7-9,11H,1-6H3. The van der Waals surface area contributed by atoms with Crippen LogP contribution in [0.4, 0.5) is 0 Å². The molecule has 1 aromatic rings. The molecule has 0 aliphatic heterocycles. The Balaban J connectivity index is 3.09. The third kappa shape index (κ3) is 2.82. The molecule has 0 saturated carbocycles. The fraction of sp³-hybridized carbons (Fsp3) is 0.571. The number of hydrogen-bond acceptors (Lipinski definition) is 1. The van der Waals surface area contributed by atoms with Crippen molar-refractivity contribution in [3.05, 3.63) is 34.9 Å². The first-order valence-electron chi connectivity index (χ1n) is 5.50. The minimum absolute atomic E-state index is 0.180. The summed E-state index contributed by atoms with van der Waals surface area (Å²) in [6.07, 6.45) is 0.180. The molecular weight excluding hydrogens is 184 g/mol. The topological polar surface area (TPSA) is 9.23 Å². The van der Waals surface area contributed by atoms with Gasteiger partial charge in [0.05, 0.1) is 6.10 Å². The molecule has 1 heteroatoms. The van der Waals surface area contributed by atoms with Crippen molar-refractivity contribution < 1.29 is 4.74 Å². The van der Waals surface area contributed by atoms with Gasteiger partial charge in [0.25, 0.3) is 0 Å². The van der Waals surface area contributed by atoms with Crippen LogP contribution in [0, 0.1) is 6.92 Å². The summed E-state index contributed by atoms with van der Waals surface area (Å²) in [5.74, 6) is 0. The zero-order chi connectivity index (χ0) is 11.6. The van der Waals surface area contributed by atoms with Crippen molar-refractivity contribution >= 4 is 0 Å². The minimum atomic E-state index is 0.180. The molecule has 15 heavy (non-hydrogen) atoms. The van der Waals surface area contributed by atoms with Gasteiger partial charge in [-0.3, -0.25) is 0 Å². The van der Waals surface area contributed by atoms with Gasteiger partial charge in [-0.05, 0) is 36.0 Å². The Bertz CT molecular complexity index is 334. The first-order chi connectivity index (χ1) is 6.86. The predicted molar refractivity (Wildman–Crippen MR) is 65.3 cm³/mol. The van der Waals surface area contributed by atoms with Gasteiger partial charge < -0.3 is 4.74 Å². The normalized spacial score (nSPS) is 14.0. The molecule has 84 valence electrons. The van der Waals surface area contributed by atoms with Gasteiger partial charge in [0.2, 0.25) is 0 Å². The molecule has 0 spiro atoms. The van der Waals surface area contributed by atoms with Crippen LogP contribution in [-0.4, -0.2) is 7.11 Å². The fourth-order valence-corrected chi connectivity index (χ4v) is 1.73. The molecule has 0 aromatic heterocycles. The lowest BCUT2D eigenvalue weighted by atomic mass is 9.85. The van der Waals surface area contributed by atoms with Crippen LogP contribution in [0.2, 0.25) is 0 Å². The van der Waals surface area contributed by atoms with E-state index < -0.39 is 0 Å². The van der Waals surface area contributed by atoms with Gasteiger partial charge >= 0.3 is 0 Å². The maximum Gasteiger partial charge on any atom is 0.0795 e. The third-order valence-corrected chi connectivity index (χ3v) is 2.93. The van der Waals surface area contributed by atoms with Gasteiger partial charge in [-0.1, -0.05) is 39.0 Å². The van der Waals surface area contributed by atoms with E-state index in [0.29, 0.717) is 0 Å². The number of methoxy groups -OCH3 is 1. The van der Waals surface area contributed by atoms with E-state index in [9.17, 15) is 0 Å². The highest BCUT2D eigenvalue weighted by molar-refractivity contribution is 5.35. The van der Waals surface area contributed by atoms with Crippen LogP contribution >= 0.6 is 0 Å². The van der Waals surface area contributed by atoms with Crippen LogP contribution in [0.25, 0.3) is 0 Å². The Hall–Kier alpha value is -0.820. The van der Waals surface area contributed by atoms with Crippen LogP contribution in [0.1, 0.15) is 50.5 Å². The second kappa shape index (κ2) is 4.36. The number of rotatable bonds is 2. The second-order valence-electron chi connectivity index (χ2n) is 5.20. The van der Waals surface area contributed by atoms with Crippen LogP contribution in [0.5, 0.6) is 0 Å². The summed E-state index contributed by atoms with van der Waals surface area (Å²) in [4.78, 5) is 0. The first-order valence-corrected chi connectivity index (χ1v) is 5.50. The summed E-state index contributed by atoms with van der Waals surface area (Å²) in [5.41, 5.74) is 4.20. The summed E-state index contributed by atoms with van der Waals surface area (Å²) >= 11 is 0. The monoisotopic (exact) mass is 206 g/mol. The van der Waals surface area contributed by atoms with Crippen LogP contribution in [-0.2, 0) is 10.2 Å². The fourth-order valence-electron chi connectivity index (χ4n) is 1.73. The quantitative estimate of drug-likeness (QED) is 0.710. The molecule has 1 rings (SSSR count). The molecular formula is C14H22O. The van der Waals surface area contributed by atoms with Gasteiger partial charge in [0.1, 0.15) is 0 Å². The second-order valence-corrected chi connectivity index (χ2v) is 5.20. The Morgan fingerprint density at radius 3 is 2.20 bits per heavy atom. The van der Waals surface area contributed by atoms with Crippen molar-refractivity contribution in [2.75, 3.05) is 7.11 Å². The molecule has 0 saturated heterocycles. The molecule has 1 unspecified atom stereocenters. The van der Waals surface area contributed by atoms with E-state index in [1.165, 1.54) is 16.7 Å². The third-order valence-electron chi connectivity index (χ3n) is 2.93. The molecule has 0 radical (unpaired) electrons. The van der Waals surface area contributed by atoms with Crippen LogP contribution in [0.15, 0.2) is 18.2 Å². The van der Waals surface area contributed by atoms with E-state index in [4.69, 9.17) is 4.74 Å². The van der Waals surface area contributed by atoms with Crippen molar-refractivity contribution in [3.63, 3.8) is 0 Å². The van der Waals surface area contributed by atoms with E-state index in [2.05, 4.69) is 52.8 Å². The average Bonchev–Trinajstić information content (AvgIpc) is 2.15. The highest BCUT2D eigenvalue weighted by Crippen LogP contribution is 2.27. The highest BCUT2D eigenvalue weighted by atomic mass is 16.5. The van der Waals surface area contributed by atoms with Gasteiger partial charge in [-0.15, -0.1) is 0 Å². The summed E-state index contributed by atoms with van der Waals surface area (Å²) < 4.78 is 5.34. The Morgan fingerprint density at radius 2 is 1.80 bits per heavy atom. The summed E-state index contributed by atoms with van der Waals surface area (Å²) in [7, 11) is 1.75. The predicted octanol–water partition coefficient (Wildman–Crippen LogP) is 4.00. The number of benzene rings is 1. The van der Waals surface area contributed by atoms with E-state index in [-0.39, 0.29) is 11.5 Å². The van der Waals surface area contributed by atoms with Crippen molar-refractivity contribution in [3.8, 4) is 0 Å². The number of aryl methyl sites for hydroxylation is 1. The zero-order valence-electron chi connectivity index (χ0n) is 10.7.